The number of rotatable bonds is 3. The number of thiophene rings is 1. The van der Waals surface area contributed by atoms with Crippen LogP contribution in [0.25, 0.3) is 0 Å². The summed E-state index contributed by atoms with van der Waals surface area (Å²) < 4.78 is 1.87. The van der Waals surface area contributed by atoms with E-state index in [9.17, 15) is 0 Å². The number of nitrogens with one attached hydrogen (secondary N) is 1. The Morgan fingerprint density at radius 2 is 2.18 bits per heavy atom. The Bertz CT molecular complexity index is 360. The third-order valence-corrected chi connectivity index (χ3v) is 6.33. The van der Waals surface area contributed by atoms with Gasteiger partial charge in [-0.05, 0) is 53.1 Å². The van der Waals surface area contributed by atoms with Crippen molar-refractivity contribution in [1.29, 1.82) is 0 Å². The fraction of sp³-hybridized carbons (Fsp3) is 0.692. The number of hydrogen-bond acceptors (Lipinski definition) is 2. The van der Waals surface area contributed by atoms with Gasteiger partial charge in [0.2, 0.25) is 0 Å². The Morgan fingerprint density at radius 3 is 2.76 bits per heavy atom. The molecule has 4 heteroatoms. The van der Waals surface area contributed by atoms with Crippen LogP contribution in [0.15, 0.2) is 10.5 Å². The minimum Gasteiger partial charge on any atom is -0.309 e. The summed E-state index contributed by atoms with van der Waals surface area (Å²) in [6.07, 6.45) is 3.97. The van der Waals surface area contributed by atoms with Crippen molar-refractivity contribution >= 4 is 38.9 Å². The van der Waals surface area contributed by atoms with Crippen molar-refractivity contribution in [3.63, 3.8) is 0 Å². The van der Waals surface area contributed by atoms with Gasteiger partial charge in [-0.2, -0.15) is 0 Å². The van der Waals surface area contributed by atoms with Gasteiger partial charge in [-0.1, -0.05) is 25.4 Å². The van der Waals surface area contributed by atoms with E-state index in [2.05, 4.69) is 41.2 Å². The molecule has 1 saturated carbocycles. The summed E-state index contributed by atoms with van der Waals surface area (Å²) in [7, 11) is 0. The van der Waals surface area contributed by atoms with E-state index in [-0.39, 0.29) is 0 Å². The quantitative estimate of drug-likeness (QED) is 0.811. The molecule has 1 fully saturated rings. The summed E-state index contributed by atoms with van der Waals surface area (Å²) in [5, 5.41) is 3.66. The molecule has 1 aliphatic rings. The van der Waals surface area contributed by atoms with Gasteiger partial charge in [0.25, 0.3) is 0 Å². The highest BCUT2D eigenvalue weighted by Crippen LogP contribution is 2.33. The minimum absolute atomic E-state index is 0.681. The summed E-state index contributed by atoms with van der Waals surface area (Å²) in [5.74, 6) is 1.73. The van der Waals surface area contributed by atoms with Crippen molar-refractivity contribution in [1.82, 2.24) is 5.32 Å². The molecule has 0 saturated heterocycles. The van der Waals surface area contributed by atoms with E-state index in [1.54, 1.807) is 11.3 Å². The normalized spacial score (nSPS) is 29.5. The first-order valence-electron chi connectivity index (χ1n) is 6.23. The standard InChI is InChI=1S/C13H19BrClNS/c1-8-3-4-10(5-9(8)2)16-7-11-6-12(14)13(15)17-11/h6,8-10,16H,3-5,7H2,1-2H3. The zero-order valence-electron chi connectivity index (χ0n) is 10.3. The second-order valence-electron chi connectivity index (χ2n) is 5.18. The number of hydrogen-bond donors (Lipinski definition) is 1. The van der Waals surface area contributed by atoms with Gasteiger partial charge in [0.15, 0.2) is 0 Å². The van der Waals surface area contributed by atoms with E-state index in [1.165, 1.54) is 24.1 Å². The first-order valence-corrected chi connectivity index (χ1v) is 8.22. The maximum atomic E-state index is 6.04. The molecule has 3 atom stereocenters. The summed E-state index contributed by atoms with van der Waals surface area (Å²) in [4.78, 5) is 1.31. The van der Waals surface area contributed by atoms with Gasteiger partial charge >= 0.3 is 0 Å². The van der Waals surface area contributed by atoms with Crippen LogP contribution in [0.4, 0.5) is 0 Å². The molecule has 1 heterocycles. The molecule has 0 aromatic carbocycles. The highest BCUT2D eigenvalue weighted by Gasteiger charge is 2.24. The van der Waals surface area contributed by atoms with Crippen LogP contribution in [0.1, 0.15) is 38.0 Å². The molecular formula is C13H19BrClNS. The van der Waals surface area contributed by atoms with Crippen LogP contribution in [-0.2, 0) is 6.54 Å². The summed E-state index contributed by atoms with van der Waals surface area (Å²) >= 11 is 11.1. The lowest BCUT2D eigenvalue weighted by Crippen LogP contribution is -2.35. The minimum atomic E-state index is 0.681. The molecular weight excluding hydrogens is 318 g/mol. The second kappa shape index (κ2) is 6.05. The maximum absolute atomic E-state index is 6.04. The molecule has 3 unspecified atom stereocenters. The van der Waals surface area contributed by atoms with Crippen LogP contribution in [0, 0.1) is 11.8 Å². The van der Waals surface area contributed by atoms with Crippen molar-refractivity contribution in [2.75, 3.05) is 0 Å². The third-order valence-electron chi connectivity index (χ3n) is 3.86. The molecule has 1 aromatic rings. The van der Waals surface area contributed by atoms with Crippen LogP contribution < -0.4 is 5.32 Å². The monoisotopic (exact) mass is 335 g/mol. The van der Waals surface area contributed by atoms with Crippen LogP contribution in [-0.4, -0.2) is 6.04 Å². The van der Waals surface area contributed by atoms with E-state index >= 15 is 0 Å². The molecule has 0 amide bonds. The van der Waals surface area contributed by atoms with Gasteiger partial charge < -0.3 is 5.32 Å². The lowest BCUT2D eigenvalue weighted by molar-refractivity contribution is 0.226. The zero-order chi connectivity index (χ0) is 12.4. The van der Waals surface area contributed by atoms with Gasteiger partial charge in [0.1, 0.15) is 4.34 Å². The SMILES string of the molecule is CC1CCC(NCc2cc(Br)c(Cl)s2)CC1C. The first kappa shape index (κ1) is 13.9. The summed E-state index contributed by atoms with van der Waals surface area (Å²) in [6, 6.07) is 2.80. The molecule has 1 aromatic heterocycles. The van der Waals surface area contributed by atoms with E-state index in [0.29, 0.717) is 6.04 Å². The summed E-state index contributed by atoms with van der Waals surface area (Å²) in [5.41, 5.74) is 0. The molecule has 1 aliphatic carbocycles. The van der Waals surface area contributed by atoms with Crippen LogP contribution in [0.3, 0.4) is 0 Å². The Morgan fingerprint density at radius 1 is 1.41 bits per heavy atom. The van der Waals surface area contributed by atoms with Crippen molar-refractivity contribution < 1.29 is 0 Å². The predicted molar refractivity (Wildman–Crippen MR) is 79.8 cm³/mol. The third kappa shape index (κ3) is 3.69. The van der Waals surface area contributed by atoms with Crippen LogP contribution in [0.2, 0.25) is 4.34 Å². The van der Waals surface area contributed by atoms with Crippen molar-refractivity contribution in [2.45, 2.75) is 45.7 Å². The van der Waals surface area contributed by atoms with Gasteiger partial charge in [0, 0.05) is 21.9 Å². The maximum Gasteiger partial charge on any atom is 0.107 e. The molecule has 0 spiro atoms. The average molecular weight is 337 g/mol. The smallest absolute Gasteiger partial charge is 0.107 e. The average Bonchev–Trinajstić information content (AvgIpc) is 2.60. The van der Waals surface area contributed by atoms with Gasteiger partial charge in [0.05, 0.1) is 0 Å². The van der Waals surface area contributed by atoms with Crippen molar-refractivity contribution in [3.8, 4) is 0 Å². The van der Waals surface area contributed by atoms with E-state index in [1.807, 2.05) is 0 Å². The lowest BCUT2D eigenvalue weighted by Gasteiger charge is -2.32. The Balaban J connectivity index is 1.82. The van der Waals surface area contributed by atoms with E-state index in [4.69, 9.17) is 11.6 Å². The van der Waals surface area contributed by atoms with Gasteiger partial charge in [-0.25, -0.2) is 0 Å². The fourth-order valence-electron chi connectivity index (χ4n) is 2.46. The van der Waals surface area contributed by atoms with E-state index < -0.39 is 0 Å². The Hall–Kier alpha value is 0.430. The molecule has 2 rings (SSSR count). The van der Waals surface area contributed by atoms with E-state index in [0.717, 1.165) is 27.2 Å². The molecule has 96 valence electrons. The van der Waals surface area contributed by atoms with Crippen LogP contribution >= 0.6 is 38.9 Å². The lowest BCUT2D eigenvalue weighted by atomic mass is 9.79. The second-order valence-corrected chi connectivity index (χ2v) is 7.77. The highest BCUT2D eigenvalue weighted by atomic mass is 79.9. The van der Waals surface area contributed by atoms with Gasteiger partial charge in [-0.15, -0.1) is 11.3 Å². The topological polar surface area (TPSA) is 12.0 Å². The van der Waals surface area contributed by atoms with Crippen molar-refractivity contribution in [2.24, 2.45) is 11.8 Å². The zero-order valence-corrected chi connectivity index (χ0v) is 13.5. The molecule has 1 nitrogen and oxygen atoms in total. The molecule has 0 radical (unpaired) electrons. The largest absolute Gasteiger partial charge is 0.309 e. The highest BCUT2D eigenvalue weighted by molar-refractivity contribution is 9.10. The predicted octanol–water partition coefficient (Wildman–Crippen LogP) is 5.08. The number of halogens is 2. The molecule has 0 bridgehead atoms. The fourth-order valence-corrected chi connectivity index (χ4v) is 4.20. The molecule has 1 N–H and O–H groups in total. The Kier molecular flexibility index (Phi) is 4.93. The Labute approximate surface area is 121 Å². The van der Waals surface area contributed by atoms with Crippen LogP contribution in [0.5, 0.6) is 0 Å². The van der Waals surface area contributed by atoms with Crippen molar-refractivity contribution in [3.05, 3.63) is 19.8 Å². The van der Waals surface area contributed by atoms with Gasteiger partial charge in [-0.3, -0.25) is 0 Å². The first-order chi connectivity index (χ1) is 8.06. The molecule has 17 heavy (non-hydrogen) atoms. The molecule has 0 aliphatic heterocycles. The summed E-state index contributed by atoms with van der Waals surface area (Å²) in [6.45, 7) is 5.69.